The molecule has 1 heterocycles. The lowest BCUT2D eigenvalue weighted by Crippen LogP contribution is -2.40. The van der Waals surface area contributed by atoms with Gasteiger partial charge in [-0.1, -0.05) is 24.3 Å². The van der Waals surface area contributed by atoms with E-state index >= 15 is 0 Å². The van der Waals surface area contributed by atoms with Gasteiger partial charge in [-0.25, -0.2) is 0 Å². The molecule has 98 valence electrons. The fraction of sp³-hybridized carbons (Fsp3) is 0.533. The average molecular weight is 247 g/mol. The van der Waals surface area contributed by atoms with Gasteiger partial charge in [0.05, 0.1) is 12.6 Å². The molecule has 1 fully saturated rings. The number of hydrogen-bond donors (Lipinski definition) is 0. The van der Waals surface area contributed by atoms with E-state index < -0.39 is 0 Å². The van der Waals surface area contributed by atoms with Crippen molar-refractivity contribution in [1.82, 2.24) is 4.90 Å². The van der Waals surface area contributed by atoms with Gasteiger partial charge in [-0.3, -0.25) is 9.69 Å². The zero-order valence-corrected chi connectivity index (χ0v) is 11.3. The third-order valence-electron chi connectivity index (χ3n) is 3.74. The molecule has 0 N–H and O–H groups in total. The number of ketones is 1. The summed E-state index contributed by atoms with van der Waals surface area (Å²) < 4.78 is 5.54. The predicted octanol–water partition coefficient (Wildman–Crippen LogP) is 2.29. The molecule has 18 heavy (non-hydrogen) atoms. The zero-order chi connectivity index (χ0) is 13.1. The number of hydrogen-bond acceptors (Lipinski definition) is 3. The van der Waals surface area contributed by atoms with Crippen LogP contribution in [-0.2, 0) is 4.74 Å². The summed E-state index contributed by atoms with van der Waals surface area (Å²) in [5.74, 6) is 0.190. The number of benzene rings is 1. The highest BCUT2D eigenvalue weighted by Crippen LogP contribution is 2.19. The molecule has 1 aliphatic heterocycles. The van der Waals surface area contributed by atoms with Gasteiger partial charge in [0.15, 0.2) is 5.78 Å². The maximum Gasteiger partial charge on any atom is 0.177 e. The molecule has 1 saturated heterocycles. The van der Waals surface area contributed by atoms with Crippen molar-refractivity contribution < 1.29 is 9.53 Å². The number of carbonyl (C=O) groups is 1. The van der Waals surface area contributed by atoms with Gasteiger partial charge in [0.25, 0.3) is 0 Å². The van der Waals surface area contributed by atoms with Gasteiger partial charge >= 0.3 is 0 Å². The number of nitrogens with zero attached hydrogens (tertiary/aromatic N) is 1. The molecular weight excluding hydrogens is 226 g/mol. The largest absolute Gasteiger partial charge is 0.377 e. The molecule has 2 unspecified atom stereocenters. The predicted molar refractivity (Wildman–Crippen MR) is 72.0 cm³/mol. The highest BCUT2D eigenvalue weighted by atomic mass is 16.5. The molecule has 0 aromatic heterocycles. The summed E-state index contributed by atoms with van der Waals surface area (Å²) in [4.78, 5) is 14.4. The summed E-state index contributed by atoms with van der Waals surface area (Å²) in [5, 5.41) is 0. The Hall–Kier alpha value is -1.19. The number of rotatable bonds is 4. The van der Waals surface area contributed by atoms with Crippen LogP contribution in [0.1, 0.15) is 29.3 Å². The van der Waals surface area contributed by atoms with Crippen LogP contribution in [0, 0.1) is 6.92 Å². The molecule has 0 saturated carbocycles. The Labute approximate surface area is 109 Å². The zero-order valence-electron chi connectivity index (χ0n) is 11.3. The second kappa shape index (κ2) is 5.63. The first-order chi connectivity index (χ1) is 8.59. The smallest absolute Gasteiger partial charge is 0.177 e. The lowest BCUT2D eigenvalue weighted by Gasteiger charge is -2.26. The maximum absolute atomic E-state index is 12.3. The Balaban J connectivity index is 2.01. The van der Waals surface area contributed by atoms with Gasteiger partial charge in [-0.15, -0.1) is 0 Å². The first kappa shape index (κ1) is 13.2. The van der Waals surface area contributed by atoms with Crippen molar-refractivity contribution in [2.24, 2.45) is 0 Å². The topological polar surface area (TPSA) is 29.5 Å². The van der Waals surface area contributed by atoms with E-state index in [1.807, 2.05) is 38.2 Å². The van der Waals surface area contributed by atoms with E-state index in [9.17, 15) is 4.79 Å². The van der Waals surface area contributed by atoms with Crippen molar-refractivity contribution in [2.45, 2.75) is 32.4 Å². The first-order valence-corrected chi connectivity index (χ1v) is 6.50. The molecular formula is C15H21NO2. The van der Waals surface area contributed by atoms with E-state index in [0.29, 0.717) is 12.6 Å². The summed E-state index contributed by atoms with van der Waals surface area (Å²) in [7, 11) is 2.01. The lowest BCUT2D eigenvalue weighted by atomic mass is 10.0. The van der Waals surface area contributed by atoms with Crippen molar-refractivity contribution in [3.63, 3.8) is 0 Å². The van der Waals surface area contributed by atoms with E-state index in [2.05, 4.69) is 11.8 Å². The Kier molecular flexibility index (Phi) is 4.15. The molecule has 2 rings (SSSR count). The molecule has 0 radical (unpaired) electrons. The van der Waals surface area contributed by atoms with E-state index in [-0.39, 0.29) is 11.9 Å². The number of Topliss-reactive ketones (excluding diaryl/α,β-unsaturated/α-hetero) is 1. The van der Waals surface area contributed by atoms with Crippen LogP contribution in [0.15, 0.2) is 24.3 Å². The number of likely N-dealkylation sites (N-methyl/N-ethyl adjacent to an activating group) is 1. The normalized spacial score (nSPS) is 23.6. The molecule has 0 amide bonds. The van der Waals surface area contributed by atoms with Crippen LogP contribution in [0.5, 0.6) is 0 Å². The minimum Gasteiger partial charge on any atom is -0.377 e. The summed E-state index contributed by atoms with van der Waals surface area (Å²) in [6, 6.07) is 8.12. The minimum atomic E-state index is 0.190. The van der Waals surface area contributed by atoms with Crippen molar-refractivity contribution in [3.8, 4) is 0 Å². The molecule has 2 atom stereocenters. The second-order valence-electron chi connectivity index (χ2n) is 5.09. The Bertz CT molecular complexity index is 430. The highest BCUT2D eigenvalue weighted by molar-refractivity contribution is 5.98. The second-order valence-corrected chi connectivity index (χ2v) is 5.09. The molecule has 0 spiro atoms. The number of ether oxygens (including phenoxy) is 1. The van der Waals surface area contributed by atoms with Gasteiger partial charge < -0.3 is 4.74 Å². The van der Waals surface area contributed by atoms with Gasteiger partial charge in [-0.2, -0.15) is 0 Å². The van der Waals surface area contributed by atoms with E-state index in [4.69, 9.17) is 4.74 Å². The Morgan fingerprint density at radius 1 is 1.44 bits per heavy atom. The quantitative estimate of drug-likeness (QED) is 0.765. The van der Waals surface area contributed by atoms with Crippen LogP contribution in [0.2, 0.25) is 0 Å². The third-order valence-corrected chi connectivity index (χ3v) is 3.74. The molecule has 3 nitrogen and oxygen atoms in total. The highest BCUT2D eigenvalue weighted by Gasteiger charge is 2.28. The van der Waals surface area contributed by atoms with Crippen molar-refractivity contribution in [1.29, 1.82) is 0 Å². The summed E-state index contributed by atoms with van der Waals surface area (Å²) >= 11 is 0. The molecule has 1 aliphatic rings. The maximum atomic E-state index is 12.3. The lowest BCUT2D eigenvalue weighted by molar-refractivity contribution is 0.0745. The molecule has 0 bridgehead atoms. The van der Waals surface area contributed by atoms with Gasteiger partial charge in [0.2, 0.25) is 0 Å². The molecule has 3 heteroatoms. The molecule has 1 aromatic carbocycles. The van der Waals surface area contributed by atoms with Crippen LogP contribution in [-0.4, -0.2) is 43.0 Å². The van der Waals surface area contributed by atoms with Crippen molar-refractivity contribution in [3.05, 3.63) is 35.4 Å². The van der Waals surface area contributed by atoms with Crippen LogP contribution < -0.4 is 0 Å². The number of carbonyl (C=O) groups excluding carboxylic acids is 1. The third kappa shape index (κ3) is 2.79. The van der Waals surface area contributed by atoms with Crippen LogP contribution in [0.3, 0.4) is 0 Å². The van der Waals surface area contributed by atoms with E-state index in [1.165, 1.54) is 0 Å². The number of aryl methyl sites for hydroxylation is 1. The fourth-order valence-corrected chi connectivity index (χ4v) is 2.61. The van der Waals surface area contributed by atoms with Crippen LogP contribution in [0.25, 0.3) is 0 Å². The molecule has 1 aromatic rings. The van der Waals surface area contributed by atoms with Gasteiger partial charge in [0, 0.05) is 18.2 Å². The summed E-state index contributed by atoms with van der Waals surface area (Å²) in [6.45, 7) is 5.32. The van der Waals surface area contributed by atoms with Gasteiger partial charge in [-0.05, 0) is 32.9 Å². The monoisotopic (exact) mass is 247 g/mol. The van der Waals surface area contributed by atoms with Gasteiger partial charge in [0.1, 0.15) is 0 Å². The Morgan fingerprint density at radius 2 is 2.17 bits per heavy atom. The van der Waals surface area contributed by atoms with Crippen molar-refractivity contribution in [2.75, 3.05) is 20.2 Å². The van der Waals surface area contributed by atoms with Crippen LogP contribution in [0.4, 0.5) is 0 Å². The standard InChI is InChI=1S/C15H21NO2/c1-11-6-4-5-7-13(11)15(17)10-16(3)14-8-9-18-12(14)2/h4-7,12,14H,8-10H2,1-3H3. The fourth-order valence-electron chi connectivity index (χ4n) is 2.61. The SMILES string of the molecule is Cc1ccccc1C(=O)CN(C)C1CCOC1C. The minimum absolute atomic E-state index is 0.190. The van der Waals surface area contributed by atoms with Crippen molar-refractivity contribution >= 4 is 5.78 Å². The average Bonchev–Trinajstić information content (AvgIpc) is 2.76. The Morgan fingerprint density at radius 3 is 2.78 bits per heavy atom. The summed E-state index contributed by atoms with van der Waals surface area (Å²) in [6.07, 6.45) is 1.23. The first-order valence-electron chi connectivity index (χ1n) is 6.50. The molecule has 0 aliphatic carbocycles. The van der Waals surface area contributed by atoms with E-state index in [1.54, 1.807) is 0 Å². The summed E-state index contributed by atoms with van der Waals surface area (Å²) in [5.41, 5.74) is 1.88. The van der Waals surface area contributed by atoms with Crippen LogP contribution >= 0.6 is 0 Å². The van der Waals surface area contributed by atoms with E-state index in [0.717, 1.165) is 24.2 Å².